The van der Waals surface area contributed by atoms with Crippen molar-refractivity contribution in [3.8, 4) is 0 Å². The van der Waals surface area contributed by atoms with E-state index in [4.69, 9.17) is 11.5 Å². The highest BCUT2D eigenvalue weighted by molar-refractivity contribution is 7.91. The number of thiophene rings is 1. The molecular formula is C11H17N3O3S2. The first-order valence-electron chi connectivity index (χ1n) is 5.44. The third kappa shape index (κ3) is 3.71. The minimum atomic E-state index is -3.53. The van der Waals surface area contributed by atoms with Gasteiger partial charge >= 0.3 is 0 Å². The van der Waals surface area contributed by atoms with Gasteiger partial charge in [-0.3, -0.25) is 4.79 Å². The molecule has 1 aromatic rings. The topological polar surface area (TPSA) is 115 Å². The second kappa shape index (κ2) is 5.62. The molecule has 5 N–H and O–H groups in total. The molecule has 1 aromatic heterocycles. The number of hydrogen-bond acceptors (Lipinski definition) is 6. The zero-order valence-corrected chi connectivity index (χ0v) is 12.6. The molecule has 0 saturated carbocycles. The number of allylic oxidation sites excluding steroid dienone is 1. The molecule has 0 fully saturated rings. The summed E-state index contributed by atoms with van der Waals surface area (Å²) in [6.45, 7) is 4.30. The van der Waals surface area contributed by atoms with Crippen LogP contribution in [-0.2, 0) is 9.84 Å². The predicted molar refractivity (Wildman–Crippen MR) is 78.3 cm³/mol. The zero-order chi connectivity index (χ0) is 14.8. The molecule has 0 radical (unpaired) electrons. The number of amides is 1. The van der Waals surface area contributed by atoms with Gasteiger partial charge in [0, 0.05) is 12.8 Å². The third-order valence-corrected chi connectivity index (χ3v) is 4.74. The Kier molecular flexibility index (Phi) is 4.59. The van der Waals surface area contributed by atoms with Crippen LogP contribution >= 0.6 is 11.3 Å². The van der Waals surface area contributed by atoms with E-state index >= 15 is 0 Å². The molecule has 0 spiro atoms. The van der Waals surface area contributed by atoms with E-state index in [1.807, 2.05) is 19.9 Å². The van der Waals surface area contributed by atoms with E-state index in [2.05, 4.69) is 5.32 Å². The summed E-state index contributed by atoms with van der Waals surface area (Å²) >= 11 is 0.954. The third-order valence-electron chi connectivity index (χ3n) is 2.27. The highest BCUT2D eigenvalue weighted by Crippen LogP contribution is 2.38. The standard InChI is InChI=1S/C11H17N3O3S2/c1-6(2)4-5-14-11-9(19(3,16)17)7(12)8(18-11)10(13)15/h4,14H,5,12H2,1-3H3,(H2,13,15). The maximum atomic E-state index is 11.7. The van der Waals surface area contributed by atoms with Gasteiger partial charge in [0.15, 0.2) is 9.84 Å². The van der Waals surface area contributed by atoms with Gasteiger partial charge < -0.3 is 16.8 Å². The van der Waals surface area contributed by atoms with Crippen molar-refractivity contribution in [2.45, 2.75) is 18.7 Å². The van der Waals surface area contributed by atoms with Gasteiger partial charge in [0.25, 0.3) is 5.91 Å². The number of hydrogen-bond donors (Lipinski definition) is 3. The first-order valence-corrected chi connectivity index (χ1v) is 8.14. The van der Waals surface area contributed by atoms with Gasteiger partial charge in [-0.25, -0.2) is 8.42 Å². The quantitative estimate of drug-likeness (QED) is 0.707. The van der Waals surface area contributed by atoms with Gasteiger partial charge in [-0.1, -0.05) is 11.6 Å². The summed E-state index contributed by atoms with van der Waals surface area (Å²) in [5, 5.41) is 3.28. The van der Waals surface area contributed by atoms with Gasteiger partial charge in [-0.2, -0.15) is 0 Å². The SMILES string of the molecule is CC(C)=CCNc1sc(C(N)=O)c(N)c1S(C)(=O)=O. The molecule has 0 saturated heterocycles. The van der Waals surface area contributed by atoms with E-state index in [0.29, 0.717) is 11.5 Å². The van der Waals surface area contributed by atoms with Crippen molar-refractivity contribution in [3.05, 3.63) is 16.5 Å². The molecule has 0 aromatic carbocycles. The number of nitrogens with one attached hydrogen (secondary N) is 1. The minimum Gasteiger partial charge on any atom is -0.396 e. The maximum absolute atomic E-state index is 11.7. The van der Waals surface area contributed by atoms with E-state index in [1.165, 1.54) is 0 Å². The number of rotatable bonds is 5. The second-order valence-corrected chi connectivity index (χ2v) is 7.28. The lowest BCUT2D eigenvalue weighted by Gasteiger charge is -2.04. The van der Waals surface area contributed by atoms with E-state index in [9.17, 15) is 13.2 Å². The number of nitrogen functional groups attached to an aromatic ring is 1. The van der Waals surface area contributed by atoms with Crippen LogP contribution in [0.1, 0.15) is 23.5 Å². The normalized spacial score (nSPS) is 11.1. The highest BCUT2D eigenvalue weighted by Gasteiger charge is 2.25. The van der Waals surface area contributed by atoms with Crippen LogP contribution in [0, 0.1) is 0 Å². The average Bonchev–Trinajstić information content (AvgIpc) is 2.54. The van der Waals surface area contributed by atoms with E-state index in [0.717, 1.165) is 23.2 Å². The molecule has 0 aliphatic rings. The number of carbonyl (C=O) groups is 1. The maximum Gasteiger partial charge on any atom is 0.261 e. The Labute approximate surface area is 116 Å². The van der Waals surface area contributed by atoms with Crippen LogP contribution in [0.25, 0.3) is 0 Å². The van der Waals surface area contributed by atoms with Crippen LogP contribution in [0.2, 0.25) is 0 Å². The van der Waals surface area contributed by atoms with Crippen molar-refractivity contribution in [2.75, 3.05) is 23.9 Å². The smallest absolute Gasteiger partial charge is 0.261 e. The second-order valence-electron chi connectivity index (χ2n) is 4.30. The van der Waals surface area contributed by atoms with Gasteiger partial charge in [0.1, 0.15) is 14.8 Å². The Bertz CT molecular complexity index is 626. The Balaban J connectivity index is 3.27. The Morgan fingerprint density at radius 1 is 1.42 bits per heavy atom. The number of sulfone groups is 1. The molecule has 6 nitrogen and oxygen atoms in total. The first kappa shape index (κ1) is 15.5. The highest BCUT2D eigenvalue weighted by atomic mass is 32.2. The summed E-state index contributed by atoms with van der Waals surface area (Å²) in [6.07, 6.45) is 2.94. The zero-order valence-electron chi connectivity index (χ0n) is 11.0. The van der Waals surface area contributed by atoms with Gasteiger partial charge in [-0.15, -0.1) is 11.3 Å². The molecule has 0 bridgehead atoms. The average molecular weight is 303 g/mol. The van der Waals surface area contributed by atoms with Crippen molar-refractivity contribution in [1.29, 1.82) is 0 Å². The van der Waals surface area contributed by atoms with Crippen molar-refractivity contribution >= 4 is 37.8 Å². The largest absolute Gasteiger partial charge is 0.396 e. The Morgan fingerprint density at radius 2 is 2.00 bits per heavy atom. The molecule has 1 heterocycles. The minimum absolute atomic E-state index is 0.0557. The molecular weight excluding hydrogens is 286 g/mol. The van der Waals surface area contributed by atoms with Crippen molar-refractivity contribution < 1.29 is 13.2 Å². The number of anilines is 2. The van der Waals surface area contributed by atoms with E-state index in [1.54, 1.807) is 0 Å². The van der Waals surface area contributed by atoms with Crippen LogP contribution in [0.15, 0.2) is 16.5 Å². The molecule has 8 heteroatoms. The lowest BCUT2D eigenvalue weighted by atomic mass is 10.3. The molecule has 1 rings (SSSR count). The van der Waals surface area contributed by atoms with Crippen LogP contribution in [-0.4, -0.2) is 27.1 Å². The summed E-state index contributed by atoms with van der Waals surface area (Å²) in [7, 11) is -3.53. The number of primary amides is 1. The van der Waals surface area contributed by atoms with E-state index < -0.39 is 15.7 Å². The van der Waals surface area contributed by atoms with Crippen LogP contribution in [0.3, 0.4) is 0 Å². The predicted octanol–water partition coefficient (Wildman–Crippen LogP) is 1.21. The Hall–Kier alpha value is -1.54. The number of nitrogens with two attached hydrogens (primary N) is 2. The van der Waals surface area contributed by atoms with E-state index in [-0.39, 0.29) is 15.5 Å². The molecule has 0 aliphatic heterocycles. The summed E-state index contributed by atoms with van der Waals surface area (Å²) in [6, 6.07) is 0. The van der Waals surface area contributed by atoms with Gasteiger partial charge in [0.05, 0.1) is 5.69 Å². The fraction of sp³-hybridized carbons (Fsp3) is 0.364. The van der Waals surface area contributed by atoms with Crippen LogP contribution in [0.4, 0.5) is 10.7 Å². The van der Waals surface area contributed by atoms with Crippen molar-refractivity contribution in [3.63, 3.8) is 0 Å². The number of carbonyl (C=O) groups excluding carboxylic acids is 1. The lowest BCUT2D eigenvalue weighted by Crippen LogP contribution is -2.12. The summed E-state index contributed by atoms with van der Waals surface area (Å²) < 4.78 is 23.5. The van der Waals surface area contributed by atoms with Crippen LogP contribution in [0.5, 0.6) is 0 Å². The van der Waals surface area contributed by atoms with Crippen molar-refractivity contribution in [1.82, 2.24) is 0 Å². The Morgan fingerprint density at radius 3 is 2.42 bits per heavy atom. The first-order chi connectivity index (χ1) is 8.64. The monoisotopic (exact) mass is 303 g/mol. The van der Waals surface area contributed by atoms with Gasteiger partial charge in [0.2, 0.25) is 0 Å². The summed E-state index contributed by atoms with van der Waals surface area (Å²) in [5.41, 5.74) is 11.9. The molecule has 0 atom stereocenters. The summed E-state index contributed by atoms with van der Waals surface area (Å²) in [5.74, 6) is -0.734. The fourth-order valence-electron chi connectivity index (χ4n) is 1.44. The molecule has 106 valence electrons. The molecule has 1 amide bonds. The molecule has 0 unspecified atom stereocenters. The van der Waals surface area contributed by atoms with Gasteiger partial charge in [-0.05, 0) is 13.8 Å². The molecule has 0 aliphatic carbocycles. The summed E-state index contributed by atoms with van der Waals surface area (Å²) in [4.78, 5) is 11.2. The van der Waals surface area contributed by atoms with Crippen LogP contribution < -0.4 is 16.8 Å². The van der Waals surface area contributed by atoms with Crippen molar-refractivity contribution in [2.24, 2.45) is 5.73 Å². The lowest BCUT2D eigenvalue weighted by molar-refractivity contribution is 0.100. The fourth-order valence-corrected chi connectivity index (χ4v) is 3.87. The molecule has 19 heavy (non-hydrogen) atoms.